The lowest BCUT2D eigenvalue weighted by molar-refractivity contribution is -0.774. The second kappa shape index (κ2) is 2.79. The molecule has 0 amide bonds. The molecule has 0 spiro atoms. The molecule has 62 valence electrons. The molecule has 2 heterocycles. The van der Waals surface area contributed by atoms with Crippen molar-refractivity contribution in [1.29, 1.82) is 0 Å². The summed E-state index contributed by atoms with van der Waals surface area (Å²) >= 11 is 1.87. The van der Waals surface area contributed by atoms with Gasteiger partial charge < -0.3 is 4.74 Å². The lowest BCUT2D eigenvalue weighted by Gasteiger charge is -2.06. The number of thioether (sulfide) groups is 1. The molecule has 2 unspecified atom stereocenters. The first-order valence-electron chi connectivity index (χ1n) is 3.85. The minimum Gasteiger partial charge on any atom is -0.384 e. The van der Waals surface area contributed by atoms with Crippen molar-refractivity contribution >= 4 is 11.8 Å². The highest BCUT2D eigenvalue weighted by Gasteiger charge is 2.56. The van der Waals surface area contributed by atoms with Crippen molar-refractivity contribution in [2.75, 3.05) is 20.3 Å². The first kappa shape index (κ1) is 7.61. The fourth-order valence-electron chi connectivity index (χ4n) is 1.38. The van der Waals surface area contributed by atoms with Gasteiger partial charge in [-0.3, -0.25) is 0 Å². The number of nitrogens with one attached hydrogen (secondary N) is 1. The van der Waals surface area contributed by atoms with Crippen LogP contribution < -0.4 is 5.43 Å². The van der Waals surface area contributed by atoms with E-state index >= 15 is 0 Å². The van der Waals surface area contributed by atoms with E-state index in [0.29, 0.717) is 5.50 Å². The predicted octanol–water partition coefficient (Wildman–Crippen LogP) is 0.859. The lowest BCUT2D eigenvalue weighted by atomic mass is 10.4. The van der Waals surface area contributed by atoms with Crippen molar-refractivity contribution in [3.63, 3.8) is 0 Å². The van der Waals surface area contributed by atoms with Crippen LogP contribution in [0.25, 0.3) is 0 Å². The summed E-state index contributed by atoms with van der Waals surface area (Å²) in [7, 11) is 1.75. The molecule has 2 aliphatic heterocycles. The van der Waals surface area contributed by atoms with E-state index in [1.807, 2.05) is 11.8 Å². The molecule has 4 heteroatoms. The van der Waals surface area contributed by atoms with Crippen LogP contribution in [0.15, 0.2) is 11.6 Å². The van der Waals surface area contributed by atoms with Gasteiger partial charge in [0.1, 0.15) is 12.7 Å². The monoisotopic (exact) mass is 173 g/mol. The van der Waals surface area contributed by atoms with Gasteiger partial charge in [0.15, 0.2) is 0 Å². The van der Waals surface area contributed by atoms with Crippen molar-refractivity contribution < 1.29 is 9.33 Å². The average Bonchev–Trinajstić information content (AvgIpc) is 2.55. The quantitative estimate of drug-likeness (QED) is 0.388. The third-order valence-electron chi connectivity index (χ3n) is 2.11. The Morgan fingerprint density at radius 1 is 1.73 bits per heavy atom. The highest BCUT2D eigenvalue weighted by Crippen LogP contribution is 2.40. The number of hydrogen-bond donors (Lipinski definition) is 1. The highest BCUT2D eigenvalue weighted by atomic mass is 32.2. The molecule has 2 atom stereocenters. The molecule has 0 aromatic carbocycles. The SMILES string of the molecule is COCCC[N+]12C=CSC1N2. The molecule has 11 heavy (non-hydrogen) atoms. The van der Waals surface area contributed by atoms with Gasteiger partial charge in [-0.05, 0) is 11.8 Å². The Balaban J connectivity index is 1.75. The van der Waals surface area contributed by atoms with E-state index in [-0.39, 0.29) is 0 Å². The fraction of sp³-hybridized carbons (Fsp3) is 0.714. The molecular weight excluding hydrogens is 160 g/mol. The first-order chi connectivity index (χ1) is 5.37. The molecule has 0 aromatic rings. The van der Waals surface area contributed by atoms with E-state index in [0.717, 1.165) is 24.2 Å². The molecule has 2 rings (SSSR count). The van der Waals surface area contributed by atoms with E-state index < -0.39 is 0 Å². The largest absolute Gasteiger partial charge is 0.384 e. The third-order valence-corrected chi connectivity index (χ3v) is 3.13. The Hall–Kier alpha value is -0.0300. The fourth-order valence-corrected chi connectivity index (χ4v) is 2.46. The summed E-state index contributed by atoms with van der Waals surface area (Å²) in [5.74, 6) is 0. The Bertz CT molecular complexity index is 185. The van der Waals surface area contributed by atoms with Gasteiger partial charge in [-0.15, -0.1) is 0 Å². The average molecular weight is 173 g/mol. The van der Waals surface area contributed by atoms with Gasteiger partial charge in [-0.2, -0.15) is 4.59 Å². The number of nitrogens with zero attached hydrogens (tertiary/aromatic N) is 1. The zero-order valence-corrected chi connectivity index (χ0v) is 7.43. The zero-order chi connectivity index (χ0) is 7.73. The number of hydrogen-bond acceptors (Lipinski definition) is 3. The standard InChI is InChI=1S/C7H13N2OS/c1-10-5-2-3-9-4-6-11-7(9)8-9/h4,6-8H,2-3,5H2,1H3/q+1. The smallest absolute Gasteiger partial charge is 0.259 e. The van der Waals surface area contributed by atoms with Gasteiger partial charge in [0.05, 0.1) is 6.61 Å². The van der Waals surface area contributed by atoms with Crippen LogP contribution >= 0.6 is 11.8 Å². The third kappa shape index (κ3) is 1.31. The lowest BCUT2D eigenvalue weighted by Crippen LogP contribution is -2.24. The second-order valence-corrected chi connectivity index (χ2v) is 3.89. The maximum atomic E-state index is 5.00. The normalized spacial score (nSPS) is 39.2. The molecule has 0 radical (unpaired) electrons. The number of quaternary nitrogens is 1. The van der Waals surface area contributed by atoms with Crippen LogP contribution in [-0.2, 0) is 4.74 Å². The van der Waals surface area contributed by atoms with E-state index in [1.165, 1.54) is 0 Å². The van der Waals surface area contributed by atoms with Gasteiger partial charge >= 0.3 is 0 Å². The van der Waals surface area contributed by atoms with Gasteiger partial charge in [0.25, 0.3) is 5.50 Å². The van der Waals surface area contributed by atoms with Crippen LogP contribution in [0.3, 0.4) is 0 Å². The summed E-state index contributed by atoms with van der Waals surface area (Å²) in [4.78, 5) is 0. The van der Waals surface area contributed by atoms with Crippen molar-refractivity contribution in [3.05, 3.63) is 11.6 Å². The number of methoxy groups -OCH3 is 1. The van der Waals surface area contributed by atoms with Crippen LogP contribution in [0.4, 0.5) is 0 Å². The molecule has 0 bridgehead atoms. The Morgan fingerprint density at radius 3 is 3.18 bits per heavy atom. The van der Waals surface area contributed by atoms with Gasteiger partial charge in [-0.1, -0.05) is 5.43 Å². The van der Waals surface area contributed by atoms with E-state index in [2.05, 4.69) is 17.0 Å². The Kier molecular flexibility index (Phi) is 1.93. The van der Waals surface area contributed by atoms with Crippen molar-refractivity contribution in [2.45, 2.75) is 11.9 Å². The van der Waals surface area contributed by atoms with E-state index in [1.54, 1.807) is 7.11 Å². The molecule has 0 aliphatic carbocycles. The summed E-state index contributed by atoms with van der Waals surface area (Å²) in [6, 6.07) is 0. The van der Waals surface area contributed by atoms with Gasteiger partial charge in [0, 0.05) is 18.9 Å². The topological polar surface area (TPSA) is 31.2 Å². The summed E-state index contributed by atoms with van der Waals surface area (Å²) in [5.41, 5.74) is 4.02. The maximum absolute atomic E-state index is 5.00. The minimum atomic E-state index is 0.617. The molecule has 1 saturated heterocycles. The van der Waals surface area contributed by atoms with E-state index in [4.69, 9.17) is 4.74 Å². The first-order valence-corrected chi connectivity index (χ1v) is 4.79. The van der Waals surface area contributed by atoms with Crippen molar-refractivity contribution in [2.24, 2.45) is 0 Å². The van der Waals surface area contributed by atoms with Crippen LogP contribution in [0.5, 0.6) is 0 Å². The number of fused-ring (bicyclic) bond motifs is 1. The molecule has 3 nitrogen and oxygen atoms in total. The molecule has 1 N–H and O–H groups in total. The van der Waals surface area contributed by atoms with Gasteiger partial charge in [0.2, 0.25) is 0 Å². The maximum Gasteiger partial charge on any atom is 0.259 e. The predicted molar refractivity (Wildman–Crippen MR) is 45.3 cm³/mol. The van der Waals surface area contributed by atoms with Gasteiger partial charge in [-0.25, -0.2) is 0 Å². The number of rotatable bonds is 4. The summed E-state index contributed by atoms with van der Waals surface area (Å²) in [6.07, 6.45) is 3.36. The zero-order valence-electron chi connectivity index (χ0n) is 6.62. The molecule has 0 aromatic heterocycles. The van der Waals surface area contributed by atoms with Crippen LogP contribution in [0.2, 0.25) is 0 Å². The van der Waals surface area contributed by atoms with Crippen molar-refractivity contribution in [3.8, 4) is 0 Å². The van der Waals surface area contributed by atoms with Crippen LogP contribution in [0, 0.1) is 0 Å². The Morgan fingerprint density at radius 2 is 2.64 bits per heavy atom. The summed E-state index contributed by atoms with van der Waals surface area (Å²) < 4.78 is 5.98. The molecular formula is C7H13N2OS+. The Labute approximate surface area is 71.0 Å². The summed E-state index contributed by atoms with van der Waals surface area (Å²) in [5, 5.41) is 2.17. The summed E-state index contributed by atoms with van der Waals surface area (Å²) in [6.45, 7) is 2.02. The van der Waals surface area contributed by atoms with Crippen LogP contribution in [-0.4, -0.2) is 30.4 Å². The minimum absolute atomic E-state index is 0.617. The second-order valence-electron chi connectivity index (χ2n) is 2.90. The highest BCUT2D eigenvalue weighted by molar-refractivity contribution is 8.02. The van der Waals surface area contributed by atoms with E-state index in [9.17, 15) is 0 Å². The van der Waals surface area contributed by atoms with Crippen molar-refractivity contribution in [1.82, 2.24) is 5.43 Å². The number of ether oxygens (including phenoxy) is 1. The molecule has 2 aliphatic rings. The molecule has 0 saturated carbocycles. The van der Waals surface area contributed by atoms with Crippen LogP contribution in [0.1, 0.15) is 6.42 Å². The molecule has 1 fully saturated rings.